The molecule has 3 heterocycles. The number of aliphatic hydroxyl groups is 2. The van der Waals surface area contributed by atoms with E-state index in [1.165, 1.54) is 29.4 Å². The summed E-state index contributed by atoms with van der Waals surface area (Å²) in [5.41, 5.74) is -0.408. The Kier molecular flexibility index (Phi) is 4.47. The van der Waals surface area contributed by atoms with E-state index in [2.05, 4.69) is 24.5 Å². The number of hydrogen-bond donors (Lipinski definition) is 4. The number of nitrogens with two attached hydrogens (primary N) is 1. The molecule has 1 unspecified atom stereocenters. The monoisotopic (exact) mass is 452 g/mol. The Bertz CT molecular complexity index is 1250. The van der Waals surface area contributed by atoms with Crippen molar-refractivity contribution in [2.24, 2.45) is 5.14 Å². The second kappa shape index (κ2) is 6.88. The maximum absolute atomic E-state index is 13.1. The van der Waals surface area contributed by atoms with Gasteiger partial charge in [-0.05, 0) is 17.7 Å². The zero-order valence-corrected chi connectivity index (χ0v) is 16.5. The first-order chi connectivity index (χ1) is 14.7. The molecule has 0 amide bonds. The van der Waals surface area contributed by atoms with E-state index in [9.17, 15) is 23.0 Å². The zero-order chi connectivity index (χ0) is 22.0. The molecule has 3 aromatic rings. The van der Waals surface area contributed by atoms with Crippen molar-refractivity contribution < 1.29 is 31.9 Å². The SMILES string of the molecule is NS(=O)(=O)OC1[C@H]2O[C@@H](n3cnc4c(NCc5ccc(F)cc5)ncnc43)[C@H](O)[C@@]12O. The van der Waals surface area contributed by atoms with E-state index in [-0.39, 0.29) is 5.82 Å². The number of nitrogens with one attached hydrogen (secondary N) is 1. The Morgan fingerprint density at radius 2 is 2.03 bits per heavy atom. The first-order valence-corrected chi connectivity index (χ1v) is 10.6. The molecular formula is C17H17FN6O6S. The molecule has 2 fully saturated rings. The van der Waals surface area contributed by atoms with Crippen LogP contribution in [0.25, 0.3) is 11.2 Å². The fourth-order valence-corrected chi connectivity index (χ4v) is 4.29. The molecule has 1 aromatic carbocycles. The van der Waals surface area contributed by atoms with E-state index in [1.807, 2.05) is 0 Å². The fraction of sp³-hybridized carbons (Fsp3) is 0.353. The number of hydrogen-bond acceptors (Lipinski definition) is 10. The molecule has 1 saturated carbocycles. The van der Waals surface area contributed by atoms with Crippen LogP contribution in [-0.2, 0) is 25.8 Å². The van der Waals surface area contributed by atoms with Crippen molar-refractivity contribution in [3.8, 4) is 0 Å². The molecule has 14 heteroatoms. The molecule has 0 radical (unpaired) electrons. The van der Waals surface area contributed by atoms with Gasteiger partial charge in [-0.2, -0.15) is 8.42 Å². The maximum atomic E-state index is 13.1. The van der Waals surface area contributed by atoms with Crippen molar-refractivity contribution in [2.45, 2.75) is 36.7 Å². The van der Waals surface area contributed by atoms with Gasteiger partial charge >= 0.3 is 10.3 Å². The van der Waals surface area contributed by atoms with Crippen LogP contribution in [0.5, 0.6) is 0 Å². The van der Waals surface area contributed by atoms with Crippen LogP contribution in [0.2, 0.25) is 0 Å². The van der Waals surface area contributed by atoms with Crippen LogP contribution < -0.4 is 10.5 Å². The minimum absolute atomic E-state index is 0.314. The summed E-state index contributed by atoms with van der Waals surface area (Å²) in [6, 6.07) is 5.97. The normalized spacial score (nSPS) is 29.8. The lowest BCUT2D eigenvalue weighted by molar-refractivity contribution is -0.0888. The van der Waals surface area contributed by atoms with Gasteiger partial charge in [0.1, 0.15) is 30.5 Å². The largest absolute Gasteiger partial charge is 0.385 e. The lowest BCUT2D eigenvalue weighted by atomic mass is 10.1. The van der Waals surface area contributed by atoms with Gasteiger partial charge in [-0.3, -0.25) is 4.57 Å². The Morgan fingerprint density at radius 1 is 1.29 bits per heavy atom. The number of anilines is 1. The Hall–Kier alpha value is -2.75. The van der Waals surface area contributed by atoms with Crippen LogP contribution in [0.1, 0.15) is 11.8 Å². The molecule has 12 nitrogen and oxygen atoms in total. The second-order valence-electron chi connectivity index (χ2n) is 7.32. The van der Waals surface area contributed by atoms with Gasteiger partial charge in [0, 0.05) is 6.54 Å². The van der Waals surface area contributed by atoms with Crippen molar-refractivity contribution in [3.05, 3.63) is 48.3 Å². The standard InChI is InChI=1S/C17H17FN6O6S/c18-9-3-1-8(2-4-9)5-20-14-10-15(22-6-21-14)24(7-23-10)16-11(25)17(26)12(29-16)13(17)30-31(19,27)28/h1-4,6-7,11-13,16,25-26H,5H2,(H2,19,27,28)(H,20,21,22)/t11-,12+,13?,16+,17-/m0/s1. The van der Waals surface area contributed by atoms with E-state index in [1.54, 1.807) is 12.1 Å². The number of aliphatic hydroxyl groups excluding tert-OH is 1. The van der Waals surface area contributed by atoms with Crippen molar-refractivity contribution in [3.63, 3.8) is 0 Å². The molecule has 1 saturated heterocycles. The minimum atomic E-state index is -4.33. The Morgan fingerprint density at radius 3 is 2.68 bits per heavy atom. The van der Waals surface area contributed by atoms with Crippen LogP contribution in [0, 0.1) is 5.82 Å². The topological polar surface area (TPSA) is 175 Å². The third-order valence-electron chi connectivity index (χ3n) is 5.35. The molecule has 164 valence electrons. The molecule has 1 aliphatic carbocycles. The number of nitrogens with zero attached hydrogens (tertiary/aromatic N) is 4. The molecule has 1 aliphatic heterocycles. The molecule has 0 spiro atoms. The van der Waals surface area contributed by atoms with Crippen LogP contribution in [0.4, 0.5) is 10.2 Å². The highest BCUT2D eigenvalue weighted by Gasteiger charge is 2.79. The summed E-state index contributed by atoms with van der Waals surface area (Å²) in [5, 5.41) is 29.1. The molecule has 2 aliphatic rings. The van der Waals surface area contributed by atoms with Gasteiger partial charge in [-0.25, -0.2) is 28.7 Å². The van der Waals surface area contributed by atoms with Crippen LogP contribution >= 0.6 is 0 Å². The number of halogens is 1. The van der Waals surface area contributed by atoms with E-state index < -0.39 is 40.4 Å². The molecule has 31 heavy (non-hydrogen) atoms. The number of benzene rings is 1. The lowest BCUT2D eigenvalue weighted by Gasteiger charge is -2.23. The van der Waals surface area contributed by atoms with Crippen molar-refractivity contribution in [1.29, 1.82) is 0 Å². The van der Waals surface area contributed by atoms with Gasteiger partial charge in [-0.1, -0.05) is 12.1 Å². The number of aromatic nitrogens is 4. The molecule has 5 rings (SSSR count). The van der Waals surface area contributed by atoms with Gasteiger partial charge in [0.2, 0.25) is 0 Å². The fourth-order valence-electron chi connectivity index (χ4n) is 3.75. The van der Waals surface area contributed by atoms with Crippen molar-refractivity contribution in [1.82, 2.24) is 19.5 Å². The van der Waals surface area contributed by atoms with Gasteiger partial charge in [0.25, 0.3) is 0 Å². The predicted molar refractivity (Wildman–Crippen MR) is 102 cm³/mol. The summed E-state index contributed by atoms with van der Waals surface area (Å²) in [7, 11) is -4.33. The van der Waals surface area contributed by atoms with Gasteiger partial charge in [-0.15, -0.1) is 0 Å². The zero-order valence-electron chi connectivity index (χ0n) is 15.7. The van der Waals surface area contributed by atoms with E-state index >= 15 is 0 Å². The molecule has 5 atom stereocenters. The van der Waals surface area contributed by atoms with Crippen molar-refractivity contribution >= 4 is 27.3 Å². The van der Waals surface area contributed by atoms with Crippen LogP contribution in [0.3, 0.4) is 0 Å². The van der Waals surface area contributed by atoms with Crippen LogP contribution in [-0.4, -0.2) is 62.1 Å². The van der Waals surface area contributed by atoms with E-state index in [4.69, 9.17) is 9.88 Å². The second-order valence-corrected chi connectivity index (χ2v) is 8.49. The van der Waals surface area contributed by atoms with Gasteiger partial charge in [0.05, 0.1) is 6.33 Å². The molecule has 2 aromatic heterocycles. The number of ether oxygens (including phenoxy) is 1. The summed E-state index contributed by atoms with van der Waals surface area (Å²) in [5.74, 6) is 0.0679. The average Bonchev–Trinajstić information content (AvgIpc) is 3.02. The first-order valence-electron chi connectivity index (χ1n) is 9.11. The summed E-state index contributed by atoms with van der Waals surface area (Å²) in [4.78, 5) is 12.6. The maximum Gasteiger partial charge on any atom is 0.333 e. The summed E-state index contributed by atoms with van der Waals surface area (Å²) < 4.78 is 46.9. The van der Waals surface area contributed by atoms with E-state index in [0.717, 1.165) is 5.56 Å². The smallest absolute Gasteiger partial charge is 0.333 e. The van der Waals surface area contributed by atoms with Gasteiger partial charge in [0.15, 0.2) is 28.8 Å². The summed E-state index contributed by atoms with van der Waals surface area (Å²) >= 11 is 0. The lowest BCUT2D eigenvalue weighted by Crippen LogP contribution is -2.38. The molecular weight excluding hydrogens is 435 g/mol. The summed E-state index contributed by atoms with van der Waals surface area (Å²) in [6.07, 6.45) is -2.34. The quantitative estimate of drug-likeness (QED) is 0.369. The Balaban J connectivity index is 1.37. The highest BCUT2D eigenvalue weighted by Crippen LogP contribution is 2.55. The highest BCUT2D eigenvalue weighted by atomic mass is 32.2. The van der Waals surface area contributed by atoms with Crippen LogP contribution in [0.15, 0.2) is 36.9 Å². The molecule has 5 N–H and O–H groups in total. The molecule has 0 bridgehead atoms. The van der Waals surface area contributed by atoms with Gasteiger partial charge < -0.3 is 20.3 Å². The number of fused-ring (bicyclic) bond motifs is 2. The third kappa shape index (κ3) is 3.33. The Labute approximate surface area is 174 Å². The third-order valence-corrected chi connectivity index (χ3v) is 5.83. The highest BCUT2D eigenvalue weighted by molar-refractivity contribution is 7.84. The minimum Gasteiger partial charge on any atom is -0.385 e. The predicted octanol–water partition coefficient (Wildman–Crippen LogP) is -0.831. The summed E-state index contributed by atoms with van der Waals surface area (Å²) in [6.45, 7) is 0.357. The van der Waals surface area contributed by atoms with Crippen molar-refractivity contribution in [2.75, 3.05) is 5.32 Å². The first kappa shape index (κ1) is 20.2. The average molecular weight is 452 g/mol. The van der Waals surface area contributed by atoms with E-state index in [0.29, 0.717) is 23.5 Å². The number of rotatable bonds is 6. The number of imidazole rings is 1.